The Morgan fingerprint density at radius 1 is 1.15 bits per heavy atom. The minimum absolute atomic E-state index is 0.0361. The molecule has 26 heavy (non-hydrogen) atoms. The van der Waals surface area contributed by atoms with Gasteiger partial charge in [-0.15, -0.1) is 0 Å². The van der Waals surface area contributed by atoms with Gasteiger partial charge in [0.1, 0.15) is 5.60 Å². The molecule has 0 unspecified atom stereocenters. The zero-order chi connectivity index (χ0) is 18.7. The van der Waals surface area contributed by atoms with Crippen molar-refractivity contribution in [3.63, 3.8) is 0 Å². The zero-order valence-electron chi connectivity index (χ0n) is 15.8. The van der Waals surface area contributed by atoms with Crippen LogP contribution < -0.4 is 5.32 Å². The molecule has 1 aromatic rings. The van der Waals surface area contributed by atoms with Gasteiger partial charge in [0.15, 0.2) is 0 Å². The fourth-order valence-electron chi connectivity index (χ4n) is 3.63. The number of nitrogens with zero attached hydrogens (tertiary/aromatic N) is 1. The smallest absolute Gasteiger partial charge is 0.412 e. The minimum Gasteiger partial charge on any atom is -0.444 e. The van der Waals surface area contributed by atoms with Gasteiger partial charge in [-0.25, -0.2) is 4.79 Å². The van der Waals surface area contributed by atoms with Gasteiger partial charge in [0.2, 0.25) is 0 Å². The third-order valence-electron chi connectivity index (χ3n) is 4.77. The summed E-state index contributed by atoms with van der Waals surface area (Å²) in [6, 6.07) is 7.15. The number of hydrogen-bond acceptors (Lipinski definition) is 4. The molecular weight excluding hydrogens is 332 g/mol. The molecule has 0 radical (unpaired) electrons. The lowest BCUT2D eigenvalue weighted by molar-refractivity contribution is -0.0752. The van der Waals surface area contributed by atoms with Crippen LogP contribution in [0.2, 0.25) is 0 Å². The van der Waals surface area contributed by atoms with Gasteiger partial charge >= 0.3 is 6.09 Å². The average molecular weight is 360 g/mol. The molecule has 1 aliphatic carbocycles. The van der Waals surface area contributed by atoms with Gasteiger partial charge in [0.25, 0.3) is 5.91 Å². The first-order chi connectivity index (χ1) is 12.3. The third-order valence-corrected chi connectivity index (χ3v) is 4.77. The molecule has 0 spiro atoms. The highest BCUT2D eigenvalue weighted by Crippen LogP contribution is 2.29. The fraction of sp³-hybridized carbons (Fsp3) is 0.600. The zero-order valence-corrected chi connectivity index (χ0v) is 15.8. The van der Waals surface area contributed by atoms with Crippen molar-refractivity contribution < 1.29 is 19.1 Å². The second-order valence-corrected chi connectivity index (χ2v) is 7.96. The summed E-state index contributed by atoms with van der Waals surface area (Å²) in [6.07, 6.45) is 4.03. The maximum absolute atomic E-state index is 12.9. The van der Waals surface area contributed by atoms with Gasteiger partial charge in [0.05, 0.1) is 18.8 Å². The molecule has 2 fully saturated rings. The highest BCUT2D eigenvalue weighted by atomic mass is 16.6. The second kappa shape index (κ2) is 7.66. The van der Waals surface area contributed by atoms with Gasteiger partial charge in [-0.3, -0.25) is 10.1 Å². The minimum atomic E-state index is -0.549. The first-order valence-electron chi connectivity index (χ1n) is 9.36. The van der Waals surface area contributed by atoms with Crippen molar-refractivity contribution in [1.29, 1.82) is 0 Å². The highest BCUT2D eigenvalue weighted by Gasteiger charge is 2.36. The molecule has 1 heterocycles. The van der Waals surface area contributed by atoms with Gasteiger partial charge < -0.3 is 14.4 Å². The molecule has 1 N–H and O–H groups in total. The number of benzene rings is 1. The molecule has 6 nitrogen and oxygen atoms in total. The summed E-state index contributed by atoms with van der Waals surface area (Å²) in [6.45, 7) is 6.68. The molecule has 2 amide bonds. The molecule has 2 atom stereocenters. The number of carbonyl (C=O) groups excluding carboxylic acids is 2. The van der Waals surface area contributed by atoms with E-state index in [2.05, 4.69) is 5.32 Å². The Balaban J connectivity index is 1.64. The van der Waals surface area contributed by atoms with Crippen molar-refractivity contribution in [2.75, 3.05) is 18.5 Å². The van der Waals surface area contributed by atoms with E-state index in [4.69, 9.17) is 9.47 Å². The number of hydrogen-bond donors (Lipinski definition) is 1. The van der Waals surface area contributed by atoms with Crippen LogP contribution >= 0.6 is 0 Å². The molecule has 2 aliphatic rings. The van der Waals surface area contributed by atoms with Crippen LogP contribution in [0.5, 0.6) is 0 Å². The van der Waals surface area contributed by atoms with Gasteiger partial charge in [-0.05, 0) is 57.9 Å². The summed E-state index contributed by atoms with van der Waals surface area (Å²) >= 11 is 0. The lowest BCUT2D eigenvalue weighted by Gasteiger charge is -2.43. The molecule has 0 aromatic heterocycles. The summed E-state index contributed by atoms with van der Waals surface area (Å²) in [7, 11) is 0. The Bertz CT molecular complexity index is 649. The number of rotatable bonds is 2. The van der Waals surface area contributed by atoms with E-state index in [0.29, 0.717) is 24.4 Å². The van der Waals surface area contributed by atoms with E-state index < -0.39 is 11.7 Å². The SMILES string of the molecule is CC(C)(C)OC(=O)Nc1ccc(C(=O)N2CCO[C@H]3CCCC[C@@H]32)cc1. The van der Waals surface area contributed by atoms with E-state index in [9.17, 15) is 9.59 Å². The number of morpholine rings is 1. The Labute approximate surface area is 154 Å². The van der Waals surface area contributed by atoms with Crippen LogP contribution in [-0.4, -0.2) is 47.8 Å². The predicted octanol–water partition coefficient (Wildman–Crippen LogP) is 3.82. The van der Waals surface area contributed by atoms with Gasteiger partial charge in [-0.2, -0.15) is 0 Å². The normalized spacial score (nSPS) is 23.1. The number of fused-ring (bicyclic) bond motifs is 1. The van der Waals surface area contributed by atoms with Crippen LogP contribution in [-0.2, 0) is 9.47 Å². The summed E-state index contributed by atoms with van der Waals surface area (Å²) in [4.78, 5) is 26.7. The van der Waals surface area contributed by atoms with E-state index in [1.807, 2.05) is 25.7 Å². The monoisotopic (exact) mass is 360 g/mol. The number of amides is 2. The molecule has 1 saturated carbocycles. The number of nitrogens with one attached hydrogen (secondary N) is 1. The number of carbonyl (C=O) groups is 2. The standard InChI is InChI=1S/C20H28N2O4/c1-20(2,3)26-19(24)21-15-10-8-14(9-11-15)18(23)22-12-13-25-17-7-5-4-6-16(17)22/h8-11,16-17H,4-7,12-13H2,1-3H3,(H,21,24)/t16-,17-/m0/s1. The molecular formula is C20H28N2O4. The Morgan fingerprint density at radius 3 is 2.54 bits per heavy atom. The molecule has 1 saturated heterocycles. The highest BCUT2D eigenvalue weighted by molar-refractivity contribution is 5.95. The van der Waals surface area contributed by atoms with Crippen LogP contribution in [0.25, 0.3) is 0 Å². The molecule has 6 heteroatoms. The largest absolute Gasteiger partial charge is 0.444 e. The number of anilines is 1. The average Bonchev–Trinajstić information content (AvgIpc) is 2.59. The Hall–Kier alpha value is -2.08. The maximum Gasteiger partial charge on any atom is 0.412 e. The Kier molecular flexibility index (Phi) is 5.51. The van der Waals surface area contributed by atoms with E-state index >= 15 is 0 Å². The quantitative estimate of drug-likeness (QED) is 0.871. The lowest BCUT2D eigenvalue weighted by atomic mass is 9.89. The second-order valence-electron chi connectivity index (χ2n) is 7.96. The third kappa shape index (κ3) is 4.55. The van der Waals surface area contributed by atoms with Crippen LogP contribution in [0.3, 0.4) is 0 Å². The van der Waals surface area contributed by atoms with E-state index in [-0.39, 0.29) is 18.1 Å². The van der Waals surface area contributed by atoms with E-state index in [1.54, 1.807) is 24.3 Å². The van der Waals surface area contributed by atoms with Crippen LogP contribution in [0, 0.1) is 0 Å². The molecule has 0 bridgehead atoms. The topological polar surface area (TPSA) is 67.9 Å². The van der Waals surface area contributed by atoms with Crippen LogP contribution in [0.15, 0.2) is 24.3 Å². The van der Waals surface area contributed by atoms with Gasteiger partial charge in [-0.1, -0.05) is 12.8 Å². The predicted molar refractivity (Wildman–Crippen MR) is 99.3 cm³/mol. The van der Waals surface area contributed by atoms with Crippen molar-refractivity contribution in [1.82, 2.24) is 4.90 Å². The first kappa shape index (κ1) is 18.7. The molecule has 142 valence electrons. The molecule has 1 aliphatic heterocycles. The molecule has 1 aromatic carbocycles. The van der Waals surface area contributed by atoms with Gasteiger partial charge in [0, 0.05) is 17.8 Å². The van der Waals surface area contributed by atoms with Crippen molar-refractivity contribution >= 4 is 17.7 Å². The Morgan fingerprint density at radius 2 is 1.85 bits per heavy atom. The van der Waals surface area contributed by atoms with Crippen molar-refractivity contribution in [2.45, 2.75) is 64.2 Å². The maximum atomic E-state index is 12.9. The first-order valence-corrected chi connectivity index (χ1v) is 9.36. The summed E-state index contributed by atoms with van der Waals surface area (Å²) in [5.41, 5.74) is 0.687. The summed E-state index contributed by atoms with van der Waals surface area (Å²) < 4.78 is 11.1. The van der Waals surface area contributed by atoms with Crippen LogP contribution in [0.4, 0.5) is 10.5 Å². The van der Waals surface area contributed by atoms with E-state index in [1.165, 1.54) is 6.42 Å². The lowest BCUT2D eigenvalue weighted by Crippen LogP contribution is -2.54. The van der Waals surface area contributed by atoms with Crippen molar-refractivity contribution in [3.8, 4) is 0 Å². The van der Waals surface area contributed by atoms with E-state index in [0.717, 1.165) is 19.3 Å². The summed E-state index contributed by atoms with van der Waals surface area (Å²) in [5.74, 6) is 0.0361. The van der Waals surface area contributed by atoms with Crippen LogP contribution in [0.1, 0.15) is 56.8 Å². The fourth-order valence-corrected chi connectivity index (χ4v) is 3.63. The molecule has 3 rings (SSSR count). The number of ether oxygens (including phenoxy) is 2. The van der Waals surface area contributed by atoms with Crippen molar-refractivity contribution in [2.24, 2.45) is 0 Å². The van der Waals surface area contributed by atoms with Crippen molar-refractivity contribution in [3.05, 3.63) is 29.8 Å². The summed E-state index contributed by atoms with van der Waals surface area (Å²) in [5, 5.41) is 2.68.